The first-order valence-electron chi connectivity index (χ1n) is 10.8. The number of hydrogen-bond donors (Lipinski definition) is 2. The SMILES string of the molecule is CSc1cc(C2CCCO2)ccc1Nc1cc(NC(=O)C2CC2(F)F)nc2c1nc(C)n2PI. The Morgan fingerprint density at radius 3 is 2.76 bits per heavy atom. The van der Waals surface area contributed by atoms with Crippen LogP contribution in [-0.4, -0.2) is 39.0 Å². The highest BCUT2D eigenvalue weighted by molar-refractivity contribution is 14.2. The van der Waals surface area contributed by atoms with Gasteiger partial charge in [0.05, 0.1) is 23.9 Å². The van der Waals surface area contributed by atoms with E-state index < -0.39 is 24.2 Å². The van der Waals surface area contributed by atoms with Gasteiger partial charge in [-0.1, -0.05) is 6.07 Å². The van der Waals surface area contributed by atoms with Crippen LogP contribution in [0.3, 0.4) is 0 Å². The molecule has 2 fully saturated rings. The largest absolute Gasteiger partial charge is 0.374 e. The number of amides is 1. The molecule has 2 N–H and O–H groups in total. The van der Waals surface area contributed by atoms with Crippen molar-refractivity contribution in [3.63, 3.8) is 0 Å². The molecule has 3 atom stereocenters. The van der Waals surface area contributed by atoms with Crippen molar-refractivity contribution >= 4 is 74.4 Å². The number of nitrogens with zero attached hydrogens (tertiary/aromatic N) is 3. The number of pyridine rings is 1. The fourth-order valence-corrected chi connectivity index (χ4v) is 6.86. The van der Waals surface area contributed by atoms with E-state index in [1.54, 1.807) is 17.8 Å². The maximum atomic E-state index is 13.4. The number of imidazole rings is 1. The number of aryl methyl sites for hydroxylation is 1. The molecular weight excluding hydrogens is 594 g/mol. The van der Waals surface area contributed by atoms with Crippen molar-refractivity contribution in [2.75, 3.05) is 23.5 Å². The minimum atomic E-state index is -2.94. The number of ether oxygens (including phenoxy) is 1. The maximum Gasteiger partial charge on any atom is 0.260 e. The van der Waals surface area contributed by atoms with E-state index in [4.69, 9.17) is 4.74 Å². The van der Waals surface area contributed by atoms with Crippen molar-refractivity contribution < 1.29 is 18.3 Å². The Kier molecular flexibility index (Phi) is 6.73. The molecule has 1 aliphatic carbocycles. The second-order valence-corrected chi connectivity index (χ2v) is 11.3. The monoisotopic (exact) mass is 617 g/mol. The Balaban J connectivity index is 1.51. The molecule has 12 heteroatoms. The van der Waals surface area contributed by atoms with Crippen LogP contribution in [-0.2, 0) is 9.53 Å². The molecular formula is C22H23F2IN5O2PS. The zero-order valence-electron chi connectivity index (χ0n) is 18.5. The molecule has 34 heavy (non-hydrogen) atoms. The van der Waals surface area contributed by atoms with Gasteiger partial charge in [0.25, 0.3) is 5.92 Å². The van der Waals surface area contributed by atoms with Gasteiger partial charge >= 0.3 is 0 Å². The Morgan fingerprint density at radius 2 is 2.12 bits per heavy atom. The van der Waals surface area contributed by atoms with E-state index in [1.807, 2.05) is 23.6 Å². The molecule has 1 saturated heterocycles. The van der Waals surface area contributed by atoms with E-state index in [1.165, 1.54) is 0 Å². The van der Waals surface area contributed by atoms with Gasteiger partial charge in [0.15, 0.2) is 5.65 Å². The summed E-state index contributed by atoms with van der Waals surface area (Å²) in [6, 6.07) is 7.87. The van der Waals surface area contributed by atoms with Crippen LogP contribution in [0.25, 0.3) is 11.2 Å². The first kappa shape index (κ1) is 24.1. The predicted molar refractivity (Wildman–Crippen MR) is 141 cm³/mol. The Hall–Kier alpha value is -1.56. The van der Waals surface area contributed by atoms with Crippen LogP contribution in [0, 0.1) is 12.8 Å². The first-order valence-corrected chi connectivity index (χ1v) is 16.1. The molecule has 1 aromatic carbocycles. The molecule has 3 heterocycles. The number of carbonyl (C=O) groups excluding carboxylic acids is 1. The normalized spacial score (nSPS) is 21.4. The average Bonchev–Trinajstić information content (AvgIpc) is 3.15. The summed E-state index contributed by atoms with van der Waals surface area (Å²) >= 11 is 3.86. The fraction of sp³-hybridized carbons (Fsp3) is 0.409. The highest BCUT2D eigenvalue weighted by atomic mass is 127. The third-order valence-corrected chi connectivity index (χ3v) is 8.99. The minimum absolute atomic E-state index is 0.123. The third kappa shape index (κ3) is 4.64. The molecule has 0 bridgehead atoms. The Bertz CT molecular complexity index is 1270. The van der Waals surface area contributed by atoms with Gasteiger partial charge in [-0.15, -0.1) is 11.8 Å². The Labute approximate surface area is 214 Å². The number of carbonyl (C=O) groups is 1. The van der Waals surface area contributed by atoms with Gasteiger partial charge in [-0.05, 0) is 65.8 Å². The van der Waals surface area contributed by atoms with Crippen LogP contribution in [0.4, 0.5) is 26.0 Å². The van der Waals surface area contributed by atoms with Crippen molar-refractivity contribution in [1.82, 2.24) is 14.3 Å². The lowest BCUT2D eigenvalue weighted by Crippen LogP contribution is -2.18. The van der Waals surface area contributed by atoms with Crippen LogP contribution >= 0.6 is 40.2 Å². The molecule has 1 amide bonds. The van der Waals surface area contributed by atoms with Crippen LogP contribution in [0.2, 0.25) is 0 Å². The lowest BCUT2D eigenvalue weighted by molar-refractivity contribution is -0.119. The molecule has 2 aliphatic rings. The van der Waals surface area contributed by atoms with E-state index in [9.17, 15) is 13.6 Å². The number of nitrogens with one attached hydrogen (secondary N) is 2. The van der Waals surface area contributed by atoms with Gasteiger partial charge in [0.1, 0.15) is 23.1 Å². The number of aromatic nitrogens is 3. The zero-order valence-corrected chi connectivity index (χ0v) is 22.5. The molecule has 5 rings (SSSR count). The summed E-state index contributed by atoms with van der Waals surface area (Å²) in [6.45, 7) is 2.68. The topological polar surface area (TPSA) is 81.1 Å². The van der Waals surface area contributed by atoms with Crippen LogP contribution < -0.4 is 10.6 Å². The van der Waals surface area contributed by atoms with Gasteiger partial charge in [-0.3, -0.25) is 9.13 Å². The number of halogens is 3. The van der Waals surface area contributed by atoms with E-state index in [2.05, 4.69) is 54.8 Å². The van der Waals surface area contributed by atoms with Gasteiger partial charge < -0.3 is 15.4 Å². The van der Waals surface area contributed by atoms with Crippen molar-refractivity contribution in [2.45, 2.75) is 43.1 Å². The van der Waals surface area contributed by atoms with Crippen LogP contribution in [0.5, 0.6) is 0 Å². The second-order valence-electron chi connectivity index (χ2n) is 8.40. The smallest absolute Gasteiger partial charge is 0.260 e. The van der Waals surface area contributed by atoms with Gasteiger partial charge in [-0.25, -0.2) is 18.7 Å². The summed E-state index contributed by atoms with van der Waals surface area (Å²) in [5.41, 5.74) is 3.94. The van der Waals surface area contributed by atoms with Gasteiger partial charge in [0, 0.05) is 24.0 Å². The zero-order chi connectivity index (χ0) is 24.0. The van der Waals surface area contributed by atoms with Crippen molar-refractivity contribution in [2.24, 2.45) is 5.92 Å². The molecule has 3 aromatic rings. The standard InChI is InChI=1S/C22H23F2IN5O2PS/c1-11-26-19-15(27-14-6-5-12(8-17(14)34-2)16-4-3-7-32-16)9-18(28-20(19)30(11)33-25)29-21(31)13-10-22(13,23)24/h5-6,8-9,13,16,33H,3-4,7,10H2,1-2H3,(H2,27,28,29,31). The molecule has 0 radical (unpaired) electrons. The number of alkyl halides is 2. The number of rotatable bonds is 7. The summed E-state index contributed by atoms with van der Waals surface area (Å²) in [5.74, 6) is -3.94. The van der Waals surface area contributed by atoms with Crippen LogP contribution in [0.15, 0.2) is 29.2 Å². The molecule has 3 unspecified atom stereocenters. The van der Waals surface area contributed by atoms with Gasteiger partial charge in [-0.2, -0.15) is 0 Å². The van der Waals surface area contributed by atoms with Crippen molar-refractivity contribution in [1.29, 1.82) is 0 Å². The van der Waals surface area contributed by atoms with E-state index in [0.717, 1.165) is 41.4 Å². The summed E-state index contributed by atoms with van der Waals surface area (Å²) in [5, 5.41) is 6.03. The minimum Gasteiger partial charge on any atom is -0.374 e. The van der Waals surface area contributed by atoms with E-state index in [0.29, 0.717) is 23.2 Å². The molecule has 1 saturated carbocycles. The molecule has 7 nitrogen and oxygen atoms in total. The number of benzene rings is 1. The molecule has 2 aromatic heterocycles. The quantitative estimate of drug-likeness (QED) is 0.181. The summed E-state index contributed by atoms with van der Waals surface area (Å²) in [6.07, 6.45) is 4.14. The first-order chi connectivity index (χ1) is 16.3. The average molecular weight is 617 g/mol. The van der Waals surface area contributed by atoms with Crippen LogP contribution in [0.1, 0.15) is 36.8 Å². The summed E-state index contributed by atoms with van der Waals surface area (Å²) in [4.78, 5) is 22.6. The molecule has 0 spiro atoms. The predicted octanol–water partition coefficient (Wildman–Crippen LogP) is 6.44. The summed E-state index contributed by atoms with van der Waals surface area (Å²) < 4.78 is 34.6. The molecule has 180 valence electrons. The Morgan fingerprint density at radius 1 is 1.32 bits per heavy atom. The highest BCUT2D eigenvalue weighted by Gasteiger charge is 2.61. The van der Waals surface area contributed by atoms with Gasteiger partial charge in [0.2, 0.25) is 5.91 Å². The maximum absolute atomic E-state index is 13.4. The second kappa shape index (κ2) is 9.48. The van der Waals surface area contributed by atoms with E-state index >= 15 is 0 Å². The number of fused-ring (bicyclic) bond motifs is 1. The van der Waals surface area contributed by atoms with Crippen molar-refractivity contribution in [3.05, 3.63) is 35.7 Å². The van der Waals surface area contributed by atoms with E-state index in [-0.39, 0.29) is 11.9 Å². The number of thioether (sulfide) groups is 1. The highest BCUT2D eigenvalue weighted by Crippen LogP contribution is 2.49. The number of anilines is 3. The number of hydrogen-bond acceptors (Lipinski definition) is 6. The molecule has 1 aliphatic heterocycles. The van der Waals surface area contributed by atoms with Crippen molar-refractivity contribution in [3.8, 4) is 0 Å². The lowest BCUT2D eigenvalue weighted by atomic mass is 10.1. The summed E-state index contributed by atoms with van der Waals surface area (Å²) in [7, 11) is 0. The third-order valence-electron chi connectivity index (χ3n) is 6.06. The fourth-order valence-electron chi connectivity index (χ4n) is 4.12. The lowest BCUT2D eigenvalue weighted by Gasteiger charge is -2.16.